The van der Waals surface area contributed by atoms with Crippen molar-refractivity contribution in [2.75, 3.05) is 0 Å². The van der Waals surface area contributed by atoms with E-state index < -0.39 is 12.0 Å². The number of amides is 1. The van der Waals surface area contributed by atoms with Gasteiger partial charge in [0, 0.05) is 12.8 Å². The number of carbonyl (C=O) groups is 3. The molecule has 0 aromatic rings. The SMILES string of the molecule is CCCCCCCCCCCCCC(=O)N[C@@H](CCC(=O)OC(C)CC)C(=O)OC(C)CC. The molecule has 0 aromatic carbocycles. The highest BCUT2D eigenvalue weighted by Gasteiger charge is 2.25. The average molecular weight is 470 g/mol. The summed E-state index contributed by atoms with van der Waals surface area (Å²) in [5.41, 5.74) is 0. The molecule has 0 heterocycles. The maximum atomic E-state index is 12.5. The van der Waals surface area contributed by atoms with E-state index in [1.807, 2.05) is 27.7 Å². The first-order chi connectivity index (χ1) is 15.8. The van der Waals surface area contributed by atoms with Crippen LogP contribution in [0.5, 0.6) is 0 Å². The highest BCUT2D eigenvalue weighted by Crippen LogP contribution is 2.13. The van der Waals surface area contributed by atoms with Gasteiger partial charge >= 0.3 is 11.9 Å². The summed E-state index contributed by atoms with van der Waals surface area (Å²) in [6.45, 7) is 9.77. The molecule has 3 atom stereocenters. The zero-order chi connectivity index (χ0) is 24.9. The summed E-state index contributed by atoms with van der Waals surface area (Å²) in [7, 11) is 0. The first kappa shape index (κ1) is 31.4. The lowest BCUT2D eigenvalue weighted by Crippen LogP contribution is -2.43. The molecule has 0 fully saturated rings. The Kier molecular flexibility index (Phi) is 20.0. The predicted octanol–water partition coefficient (Wildman–Crippen LogP) is 6.64. The van der Waals surface area contributed by atoms with E-state index >= 15 is 0 Å². The molecule has 2 unspecified atom stereocenters. The Balaban J connectivity index is 4.24. The van der Waals surface area contributed by atoms with E-state index in [0.29, 0.717) is 12.8 Å². The summed E-state index contributed by atoms with van der Waals surface area (Å²) in [5.74, 6) is -0.995. The molecule has 1 N–H and O–H groups in total. The maximum absolute atomic E-state index is 12.5. The third-order valence-electron chi connectivity index (χ3n) is 6.06. The summed E-state index contributed by atoms with van der Waals surface area (Å²) in [6.07, 6.45) is 15.2. The van der Waals surface area contributed by atoms with Crippen LogP contribution in [0.1, 0.15) is 137 Å². The smallest absolute Gasteiger partial charge is 0.328 e. The van der Waals surface area contributed by atoms with Gasteiger partial charge in [-0.15, -0.1) is 0 Å². The van der Waals surface area contributed by atoms with Crippen molar-refractivity contribution >= 4 is 17.8 Å². The van der Waals surface area contributed by atoms with Crippen molar-refractivity contribution in [3.05, 3.63) is 0 Å². The third-order valence-corrected chi connectivity index (χ3v) is 6.06. The van der Waals surface area contributed by atoms with Gasteiger partial charge in [-0.25, -0.2) is 4.79 Å². The molecule has 0 spiro atoms. The number of hydrogen-bond donors (Lipinski definition) is 1. The van der Waals surface area contributed by atoms with E-state index in [1.54, 1.807) is 0 Å². The van der Waals surface area contributed by atoms with Crippen molar-refractivity contribution < 1.29 is 23.9 Å². The first-order valence-corrected chi connectivity index (χ1v) is 13.5. The minimum absolute atomic E-state index is 0.0728. The number of unbranched alkanes of at least 4 members (excludes halogenated alkanes) is 10. The van der Waals surface area contributed by atoms with Gasteiger partial charge in [-0.2, -0.15) is 0 Å². The molecule has 6 nitrogen and oxygen atoms in total. The van der Waals surface area contributed by atoms with E-state index in [0.717, 1.165) is 25.7 Å². The second-order valence-electron chi connectivity index (χ2n) is 9.31. The van der Waals surface area contributed by atoms with Crippen LogP contribution < -0.4 is 5.32 Å². The molecule has 0 rings (SSSR count). The van der Waals surface area contributed by atoms with E-state index in [-0.39, 0.29) is 36.9 Å². The molecule has 0 saturated carbocycles. The summed E-state index contributed by atoms with van der Waals surface area (Å²) < 4.78 is 10.7. The van der Waals surface area contributed by atoms with Crippen LogP contribution in [0.4, 0.5) is 0 Å². The lowest BCUT2D eigenvalue weighted by Gasteiger charge is -2.20. The predicted molar refractivity (Wildman–Crippen MR) is 134 cm³/mol. The minimum atomic E-state index is -0.816. The van der Waals surface area contributed by atoms with E-state index in [2.05, 4.69) is 12.2 Å². The van der Waals surface area contributed by atoms with Gasteiger partial charge in [0.2, 0.25) is 5.91 Å². The Bertz CT molecular complexity index is 523. The van der Waals surface area contributed by atoms with Crippen molar-refractivity contribution in [3.63, 3.8) is 0 Å². The minimum Gasteiger partial charge on any atom is -0.463 e. The summed E-state index contributed by atoms with van der Waals surface area (Å²) in [5, 5.41) is 2.78. The first-order valence-electron chi connectivity index (χ1n) is 13.5. The fourth-order valence-electron chi connectivity index (χ4n) is 3.46. The molecule has 0 radical (unpaired) electrons. The van der Waals surface area contributed by atoms with Gasteiger partial charge in [0.15, 0.2) is 0 Å². The summed E-state index contributed by atoms with van der Waals surface area (Å²) >= 11 is 0. The fourth-order valence-corrected chi connectivity index (χ4v) is 3.46. The van der Waals surface area contributed by atoms with Crippen molar-refractivity contribution in [3.8, 4) is 0 Å². The van der Waals surface area contributed by atoms with Crippen LogP contribution in [0, 0.1) is 0 Å². The summed E-state index contributed by atoms with van der Waals surface area (Å²) in [6, 6.07) is -0.816. The Labute approximate surface area is 202 Å². The second-order valence-corrected chi connectivity index (χ2v) is 9.31. The van der Waals surface area contributed by atoms with Crippen molar-refractivity contribution in [2.24, 2.45) is 0 Å². The Morgan fingerprint density at radius 1 is 0.667 bits per heavy atom. The topological polar surface area (TPSA) is 81.7 Å². The van der Waals surface area contributed by atoms with E-state index in [4.69, 9.17) is 9.47 Å². The normalized spacial score (nSPS) is 13.7. The molecule has 0 saturated heterocycles. The van der Waals surface area contributed by atoms with Gasteiger partial charge in [0.1, 0.15) is 6.04 Å². The van der Waals surface area contributed by atoms with Crippen molar-refractivity contribution in [1.29, 1.82) is 0 Å². The van der Waals surface area contributed by atoms with Crippen LogP contribution in [-0.2, 0) is 23.9 Å². The molecule has 0 aliphatic carbocycles. The fraction of sp³-hybridized carbons (Fsp3) is 0.889. The molecular weight excluding hydrogens is 418 g/mol. The monoisotopic (exact) mass is 469 g/mol. The van der Waals surface area contributed by atoms with Crippen LogP contribution in [-0.4, -0.2) is 36.1 Å². The second kappa shape index (κ2) is 21.0. The molecule has 1 amide bonds. The zero-order valence-electron chi connectivity index (χ0n) is 22.1. The number of carbonyl (C=O) groups excluding carboxylic acids is 3. The van der Waals surface area contributed by atoms with Crippen LogP contribution in [0.3, 0.4) is 0 Å². The zero-order valence-corrected chi connectivity index (χ0v) is 22.1. The Morgan fingerprint density at radius 2 is 1.15 bits per heavy atom. The lowest BCUT2D eigenvalue weighted by molar-refractivity contribution is -0.153. The van der Waals surface area contributed by atoms with Gasteiger partial charge in [0.05, 0.1) is 12.2 Å². The summed E-state index contributed by atoms with van der Waals surface area (Å²) in [4.78, 5) is 36.9. The maximum Gasteiger partial charge on any atom is 0.328 e. The van der Waals surface area contributed by atoms with Crippen LogP contribution in [0.25, 0.3) is 0 Å². The average Bonchev–Trinajstić information content (AvgIpc) is 2.79. The number of esters is 2. The van der Waals surface area contributed by atoms with Crippen molar-refractivity contribution in [2.45, 2.75) is 156 Å². The van der Waals surface area contributed by atoms with Crippen LogP contribution in [0.2, 0.25) is 0 Å². The molecule has 0 aromatic heterocycles. The van der Waals surface area contributed by atoms with Gasteiger partial charge in [-0.3, -0.25) is 9.59 Å². The van der Waals surface area contributed by atoms with E-state index in [9.17, 15) is 14.4 Å². The third kappa shape index (κ3) is 18.5. The molecule has 194 valence electrons. The highest BCUT2D eigenvalue weighted by atomic mass is 16.5. The number of ether oxygens (including phenoxy) is 2. The number of nitrogens with one attached hydrogen (secondary N) is 1. The molecule has 6 heteroatoms. The van der Waals surface area contributed by atoms with Gasteiger partial charge in [-0.1, -0.05) is 85.0 Å². The molecular formula is C27H51NO5. The quantitative estimate of drug-likeness (QED) is 0.151. The lowest BCUT2D eigenvalue weighted by atomic mass is 10.0. The standard InChI is InChI=1S/C27H51NO5/c1-6-9-10-11-12-13-14-15-16-17-18-19-25(29)28-24(27(31)33-23(5)8-3)20-21-26(30)32-22(4)7-2/h22-24H,6-21H2,1-5H3,(H,28,29)/t22?,23?,24-/m0/s1. The van der Waals surface area contributed by atoms with Gasteiger partial charge < -0.3 is 14.8 Å². The van der Waals surface area contributed by atoms with E-state index in [1.165, 1.54) is 51.4 Å². The van der Waals surface area contributed by atoms with Crippen molar-refractivity contribution in [1.82, 2.24) is 5.32 Å². The van der Waals surface area contributed by atoms with Gasteiger partial charge in [-0.05, 0) is 39.5 Å². The Morgan fingerprint density at radius 3 is 1.67 bits per heavy atom. The number of rotatable bonds is 21. The number of hydrogen-bond acceptors (Lipinski definition) is 5. The molecule has 33 heavy (non-hydrogen) atoms. The molecule has 0 bridgehead atoms. The van der Waals surface area contributed by atoms with Gasteiger partial charge in [0.25, 0.3) is 0 Å². The molecule has 0 aliphatic heterocycles. The van der Waals surface area contributed by atoms with Crippen LogP contribution >= 0.6 is 0 Å². The molecule has 0 aliphatic rings. The Hall–Kier alpha value is -1.59. The highest BCUT2D eigenvalue weighted by molar-refractivity contribution is 5.85. The van der Waals surface area contributed by atoms with Crippen LogP contribution in [0.15, 0.2) is 0 Å². The largest absolute Gasteiger partial charge is 0.463 e.